The van der Waals surface area contributed by atoms with Crippen LogP contribution in [0.1, 0.15) is 58.6 Å². The summed E-state index contributed by atoms with van der Waals surface area (Å²) in [5, 5.41) is 0. The average Bonchev–Trinajstić information content (AvgIpc) is 2.63. The van der Waals surface area contributed by atoms with Crippen molar-refractivity contribution < 1.29 is 0 Å². The smallest absolute Gasteiger partial charge is 0.133 e. The van der Waals surface area contributed by atoms with E-state index in [1.54, 1.807) is 0 Å². The van der Waals surface area contributed by atoms with Crippen LogP contribution in [0.4, 0.5) is 5.82 Å². The molecule has 0 saturated carbocycles. The predicted octanol–water partition coefficient (Wildman–Crippen LogP) is 3.75. The monoisotopic (exact) mass is 275 g/mol. The fraction of sp³-hybridized carbons (Fsp3) is 0.706. The van der Waals surface area contributed by atoms with Gasteiger partial charge in [-0.2, -0.15) is 0 Å². The van der Waals surface area contributed by atoms with E-state index in [0.717, 1.165) is 24.8 Å². The Kier molecular flexibility index (Phi) is 4.69. The van der Waals surface area contributed by atoms with Crippen LogP contribution < -0.4 is 10.6 Å². The number of nitrogens with zero attached hydrogens (tertiary/aromatic N) is 2. The number of hydrogen-bond donors (Lipinski definition) is 1. The summed E-state index contributed by atoms with van der Waals surface area (Å²) in [5.41, 5.74) is 7.67. The first-order chi connectivity index (χ1) is 9.39. The minimum absolute atomic E-state index is 0.0420. The van der Waals surface area contributed by atoms with Gasteiger partial charge in [0, 0.05) is 30.9 Å². The van der Waals surface area contributed by atoms with E-state index in [1.807, 2.05) is 19.2 Å². The molecule has 1 aromatic heterocycles. The second-order valence-electron chi connectivity index (χ2n) is 7.19. The van der Waals surface area contributed by atoms with Gasteiger partial charge in [0.25, 0.3) is 0 Å². The standard InChI is InChI=1S/C17H29N3/c1-13(18)15-8-5-10-19-16(15)20-11-6-7-14(9-12-20)17(2,3)4/h5,8,10,13-14H,6-7,9,11-12,18H2,1-4H3. The molecule has 1 aromatic rings. The maximum absolute atomic E-state index is 6.09. The van der Waals surface area contributed by atoms with Crippen molar-refractivity contribution in [3.63, 3.8) is 0 Å². The zero-order chi connectivity index (χ0) is 14.8. The van der Waals surface area contributed by atoms with Gasteiger partial charge in [-0.15, -0.1) is 0 Å². The highest BCUT2D eigenvalue weighted by Crippen LogP contribution is 2.35. The van der Waals surface area contributed by atoms with Crippen molar-refractivity contribution in [3.8, 4) is 0 Å². The van der Waals surface area contributed by atoms with Crippen LogP contribution in [0.2, 0.25) is 0 Å². The van der Waals surface area contributed by atoms with Crippen LogP contribution in [0.3, 0.4) is 0 Å². The quantitative estimate of drug-likeness (QED) is 0.893. The fourth-order valence-corrected chi connectivity index (χ4v) is 3.20. The van der Waals surface area contributed by atoms with E-state index in [0.29, 0.717) is 5.41 Å². The second-order valence-corrected chi connectivity index (χ2v) is 7.19. The molecule has 0 aromatic carbocycles. The number of anilines is 1. The van der Waals surface area contributed by atoms with E-state index < -0.39 is 0 Å². The molecule has 0 aliphatic carbocycles. The molecule has 112 valence electrons. The van der Waals surface area contributed by atoms with Crippen molar-refractivity contribution in [1.29, 1.82) is 0 Å². The molecule has 0 spiro atoms. The average molecular weight is 275 g/mol. The lowest BCUT2D eigenvalue weighted by Crippen LogP contribution is -2.28. The molecule has 0 radical (unpaired) electrons. The third kappa shape index (κ3) is 3.51. The van der Waals surface area contributed by atoms with Crippen LogP contribution in [0, 0.1) is 11.3 Å². The van der Waals surface area contributed by atoms with Gasteiger partial charge in [0.05, 0.1) is 0 Å². The Morgan fingerprint density at radius 3 is 2.70 bits per heavy atom. The predicted molar refractivity (Wildman–Crippen MR) is 85.8 cm³/mol. The van der Waals surface area contributed by atoms with Crippen molar-refractivity contribution >= 4 is 5.82 Å². The Balaban J connectivity index is 2.15. The van der Waals surface area contributed by atoms with Crippen molar-refractivity contribution in [2.45, 2.75) is 53.0 Å². The molecule has 3 nitrogen and oxygen atoms in total. The summed E-state index contributed by atoms with van der Waals surface area (Å²) in [6, 6.07) is 4.14. The minimum Gasteiger partial charge on any atom is -0.356 e. The molecule has 2 unspecified atom stereocenters. The van der Waals surface area contributed by atoms with E-state index in [4.69, 9.17) is 5.73 Å². The van der Waals surface area contributed by atoms with Gasteiger partial charge >= 0.3 is 0 Å². The highest BCUT2D eigenvalue weighted by Gasteiger charge is 2.28. The molecule has 2 N–H and O–H groups in total. The summed E-state index contributed by atoms with van der Waals surface area (Å²) < 4.78 is 0. The third-order valence-electron chi connectivity index (χ3n) is 4.56. The van der Waals surface area contributed by atoms with E-state index in [9.17, 15) is 0 Å². The van der Waals surface area contributed by atoms with E-state index >= 15 is 0 Å². The largest absolute Gasteiger partial charge is 0.356 e. The van der Waals surface area contributed by atoms with Crippen molar-refractivity contribution in [3.05, 3.63) is 23.9 Å². The number of rotatable bonds is 2. The van der Waals surface area contributed by atoms with Gasteiger partial charge in [0.1, 0.15) is 5.82 Å². The second kappa shape index (κ2) is 6.13. The van der Waals surface area contributed by atoms with E-state index in [-0.39, 0.29) is 6.04 Å². The Bertz CT molecular complexity index is 434. The molecular formula is C17H29N3. The molecule has 2 atom stereocenters. The normalized spacial score (nSPS) is 22.4. The highest BCUT2D eigenvalue weighted by molar-refractivity contribution is 5.48. The number of aromatic nitrogens is 1. The van der Waals surface area contributed by atoms with Gasteiger partial charge in [-0.25, -0.2) is 4.98 Å². The van der Waals surface area contributed by atoms with Crippen LogP contribution in [0.5, 0.6) is 0 Å². The van der Waals surface area contributed by atoms with Crippen LogP contribution in [-0.4, -0.2) is 18.1 Å². The van der Waals surface area contributed by atoms with Crippen LogP contribution in [0.15, 0.2) is 18.3 Å². The first-order valence-electron chi connectivity index (χ1n) is 7.85. The van der Waals surface area contributed by atoms with Crippen LogP contribution >= 0.6 is 0 Å². The lowest BCUT2D eigenvalue weighted by molar-refractivity contribution is 0.220. The Hall–Kier alpha value is -1.09. The fourth-order valence-electron chi connectivity index (χ4n) is 3.20. The maximum atomic E-state index is 6.09. The molecule has 3 heteroatoms. The van der Waals surface area contributed by atoms with Crippen LogP contribution in [-0.2, 0) is 0 Å². The molecule has 1 aliphatic rings. The first-order valence-corrected chi connectivity index (χ1v) is 7.85. The van der Waals surface area contributed by atoms with Gasteiger partial charge in [-0.1, -0.05) is 26.8 Å². The van der Waals surface area contributed by atoms with Gasteiger partial charge in [-0.3, -0.25) is 0 Å². The highest BCUT2D eigenvalue weighted by atomic mass is 15.2. The lowest BCUT2D eigenvalue weighted by Gasteiger charge is -2.30. The van der Waals surface area contributed by atoms with Gasteiger partial charge in [0.15, 0.2) is 0 Å². The number of nitrogens with two attached hydrogens (primary N) is 1. The molecule has 1 saturated heterocycles. The summed E-state index contributed by atoms with van der Waals surface area (Å²) in [4.78, 5) is 7.03. The van der Waals surface area contributed by atoms with Gasteiger partial charge < -0.3 is 10.6 Å². The number of hydrogen-bond acceptors (Lipinski definition) is 3. The minimum atomic E-state index is 0.0420. The summed E-state index contributed by atoms with van der Waals surface area (Å²) in [6.07, 6.45) is 5.70. The number of pyridine rings is 1. The summed E-state index contributed by atoms with van der Waals surface area (Å²) in [5.74, 6) is 1.90. The summed E-state index contributed by atoms with van der Waals surface area (Å²) in [6.45, 7) is 11.3. The van der Waals surface area contributed by atoms with Gasteiger partial charge in [-0.05, 0) is 43.6 Å². The van der Waals surface area contributed by atoms with E-state index in [1.165, 1.54) is 24.8 Å². The van der Waals surface area contributed by atoms with Crippen molar-refractivity contribution in [2.75, 3.05) is 18.0 Å². The van der Waals surface area contributed by atoms with Gasteiger partial charge in [0.2, 0.25) is 0 Å². The first kappa shape index (κ1) is 15.3. The Morgan fingerprint density at radius 1 is 1.30 bits per heavy atom. The Labute approximate surface area is 123 Å². The molecule has 1 fully saturated rings. The Morgan fingerprint density at radius 2 is 2.05 bits per heavy atom. The SMILES string of the molecule is CC(N)c1cccnc1N1CCCC(C(C)(C)C)CC1. The van der Waals surface area contributed by atoms with Crippen molar-refractivity contribution in [2.24, 2.45) is 17.1 Å². The molecule has 20 heavy (non-hydrogen) atoms. The summed E-state index contributed by atoms with van der Waals surface area (Å²) in [7, 11) is 0. The summed E-state index contributed by atoms with van der Waals surface area (Å²) >= 11 is 0. The zero-order valence-electron chi connectivity index (χ0n) is 13.4. The molecule has 0 bridgehead atoms. The van der Waals surface area contributed by atoms with E-state index in [2.05, 4.69) is 36.7 Å². The molecule has 2 heterocycles. The molecule has 2 rings (SSSR count). The molecule has 0 amide bonds. The molecule has 1 aliphatic heterocycles. The maximum Gasteiger partial charge on any atom is 0.133 e. The van der Waals surface area contributed by atoms with Crippen molar-refractivity contribution in [1.82, 2.24) is 4.98 Å². The lowest BCUT2D eigenvalue weighted by atomic mass is 9.77. The molecular weight excluding hydrogens is 246 g/mol. The zero-order valence-corrected chi connectivity index (χ0v) is 13.4. The van der Waals surface area contributed by atoms with Crippen LogP contribution in [0.25, 0.3) is 0 Å². The topological polar surface area (TPSA) is 42.1 Å². The third-order valence-corrected chi connectivity index (χ3v) is 4.56.